The topological polar surface area (TPSA) is 77.2 Å². The number of ketones is 1. The van der Waals surface area contributed by atoms with E-state index in [2.05, 4.69) is 42.4 Å². The minimum Gasteiger partial charge on any atom is -0.496 e. The molecular formula is C21H27N3O2S. The predicted molar refractivity (Wildman–Crippen MR) is 114 cm³/mol. The Morgan fingerprint density at radius 2 is 2.11 bits per heavy atom. The molecule has 3 N–H and O–H groups in total. The van der Waals surface area contributed by atoms with Crippen molar-refractivity contribution < 1.29 is 9.53 Å². The molecule has 0 saturated heterocycles. The molecule has 2 aromatic rings. The second-order valence-electron chi connectivity index (χ2n) is 6.41. The number of hydrogen-bond donors (Lipinski definition) is 2. The second-order valence-corrected chi connectivity index (χ2v) is 7.41. The third-order valence-electron chi connectivity index (χ3n) is 3.97. The van der Waals surface area contributed by atoms with Gasteiger partial charge in [0.1, 0.15) is 16.4 Å². The Hall–Kier alpha value is -2.60. The van der Waals surface area contributed by atoms with E-state index in [0.717, 1.165) is 13.0 Å². The lowest BCUT2D eigenvalue weighted by molar-refractivity contribution is 0.104. The maximum Gasteiger partial charge on any atom is 0.210 e. The van der Waals surface area contributed by atoms with E-state index in [1.165, 1.54) is 16.9 Å². The first kappa shape index (κ1) is 20.7. The Morgan fingerprint density at radius 3 is 2.78 bits per heavy atom. The molecule has 27 heavy (non-hydrogen) atoms. The number of ether oxygens (including phenoxy) is 1. The summed E-state index contributed by atoms with van der Waals surface area (Å²) < 4.78 is 5.27. The molecule has 0 bridgehead atoms. The van der Waals surface area contributed by atoms with Crippen LogP contribution in [0.3, 0.4) is 0 Å². The van der Waals surface area contributed by atoms with Crippen molar-refractivity contribution in [3.8, 4) is 5.75 Å². The molecule has 2 rings (SSSR count). The van der Waals surface area contributed by atoms with Gasteiger partial charge in [0.25, 0.3) is 0 Å². The van der Waals surface area contributed by atoms with Crippen molar-refractivity contribution in [1.82, 2.24) is 4.98 Å². The van der Waals surface area contributed by atoms with Gasteiger partial charge in [0.15, 0.2) is 5.13 Å². The number of para-hydroxylation sites is 1. The molecule has 0 aliphatic rings. The zero-order valence-corrected chi connectivity index (χ0v) is 17.1. The maximum absolute atomic E-state index is 12.8. The SMILES string of the molecule is C/C=C(\C=C/C(C)C)CCNc1nc(N)c(C(=O)c2ccccc2OC)s1. The molecule has 5 nitrogen and oxygen atoms in total. The molecule has 1 aromatic carbocycles. The average Bonchev–Trinajstić information content (AvgIpc) is 3.04. The standard InChI is InChI=1S/C21H27N3O2S/c1-5-15(11-10-14(2)3)12-13-23-21-24-20(22)19(27-21)18(25)16-8-6-7-9-17(16)26-4/h5-11,14H,12-13,22H2,1-4H3,(H,23,24)/b11-10-,15-5+. The monoisotopic (exact) mass is 385 g/mol. The van der Waals surface area contributed by atoms with Gasteiger partial charge in [0.05, 0.1) is 12.7 Å². The van der Waals surface area contributed by atoms with Crippen molar-refractivity contribution in [3.05, 3.63) is 58.5 Å². The van der Waals surface area contributed by atoms with E-state index >= 15 is 0 Å². The molecule has 6 heteroatoms. The van der Waals surface area contributed by atoms with E-state index in [0.29, 0.717) is 27.2 Å². The van der Waals surface area contributed by atoms with Crippen LogP contribution in [0, 0.1) is 5.92 Å². The van der Waals surface area contributed by atoms with E-state index in [4.69, 9.17) is 10.5 Å². The van der Waals surface area contributed by atoms with Crippen LogP contribution in [-0.4, -0.2) is 24.4 Å². The van der Waals surface area contributed by atoms with Crippen molar-refractivity contribution >= 4 is 28.1 Å². The van der Waals surface area contributed by atoms with Gasteiger partial charge in [0.2, 0.25) is 5.78 Å². The number of aromatic nitrogens is 1. The molecule has 1 aromatic heterocycles. The highest BCUT2D eigenvalue weighted by atomic mass is 32.1. The Labute approximate surface area is 165 Å². The summed E-state index contributed by atoms with van der Waals surface area (Å²) in [5.41, 5.74) is 7.72. The summed E-state index contributed by atoms with van der Waals surface area (Å²) in [7, 11) is 1.54. The van der Waals surface area contributed by atoms with E-state index in [1.54, 1.807) is 25.3 Å². The first-order valence-electron chi connectivity index (χ1n) is 8.97. The molecule has 0 saturated carbocycles. The minimum absolute atomic E-state index is 0.176. The number of thiazole rings is 1. The summed E-state index contributed by atoms with van der Waals surface area (Å²) in [6.07, 6.45) is 7.31. The van der Waals surface area contributed by atoms with Crippen LogP contribution < -0.4 is 15.8 Å². The minimum atomic E-state index is -0.176. The van der Waals surface area contributed by atoms with Crippen LogP contribution in [0.25, 0.3) is 0 Å². The van der Waals surface area contributed by atoms with Crippen molar-refractivity contribution in [3.63, 3.8) is 0 Å². The predicted octanol–water partition coefficient (Wildman–Crippen LogP) is 4.93. The number of rotatable bonds is 9. The van der Waals surface area contributed by atoms with Gasteiger partial charge < -0.3 is 15.8 Å². The highest BCUT2D eigenvalue weighted by Crippen LogP contribution is 2.30. The van der Waals surface area contributed by atoms with Crippen molar-refractivity contribution in [2.75, 3.05) is 24.7 Å². The molecule has 0 radical (unpaired) electrons. The number of carbonyl (C=O) groups is 1. The van der Waals surface area contributed by atoms with Crippen LogP contribution in [-0.2, 0) is 0 Å². The van der Waals surface area contributed by atoms with Crippen LogP contribution in [0.1, 0.15) is 42.4 Å². The summed E-state index contributed by atoms with van der Waals surface area (Å²) >= 11 is 1.27. The van der Waals surface area contributed by atoms with Gasteiger partial charge in [-0.3, -0.25) is 4.79 Å². The van der Waals surface area contributed by atoms with Crippen LogP contribution in [0.2, 0.25) is 0 Å². The molecule has 0 aliphatic heterocycles. The Kier molecular flexibility index (Phi) is 7.61. The summed E-state index contributed by atoms with van der Waals surface area (Å²) in [5.74, 6) is 1.11. The van der Waals surface area contributed by atoms with E-state index < -0.39 is 0 Å². The number of carbonyl (C=O) groups excluding carboxylic acids is 1. The number of nitrogen functional groups attached to an aromatic ring is 1. The summed E-state index contributed by atoms with van der Waals surface area (Å²) in [4.78, 5) is 17.5. The van der Waals surface area contributed by atoms with Crippen LogP contribution in [0.15, 0.2) is 48.1 Å². The van der Waals surface area contributed by atoms with E-state index in [-0.39, 0.29) is 11.6 Å². The molecule has 0 unspecified atom stereocenters. The number of anilines is 2. The molecule has 0 aliphatic carbocycles. The number of hydrogen-bond acceptors (Lipinski definition) is 6. The van der Waals surface area contributed by atoms with Gasteiger partial charge in [-0.25, -0.2) is 4.98 Å². The van der Waals surface area contributed by atoms with Crippen LogP contribution in [0.5, 0.6) is 5.75 Å². The fourth-order valence-corrected chi connectivity index (χ4v) is 3.34. The number of methoxy groups -OCH3 is 1. The maximum atomic E-state index is 12.8. The zero-order chi connectivity index (χ0) is 19.8. The number of allylic oxidation sites excluding steroid dienone is 3. The highest BCUT2D eigenvalue weighted by Gasteiger charge is 2.20. The fourth-order valence-electron chi connectivity index (χ4n) is 2.48. The van der Waals surface area contributed by atoms with E-state index in [1.807, 2.05) is 13.0 Å². The fraction of sp³-hybridized carbons (Fsp3) is 0.333. The van der Waals surface area contributed by atoms with Crippen molar-refractivity contribution in [2.45, 2.75) is 27.2 Å². The quantitative estimate of drug-likeness (QED) is 0.473. The zero-order valence-electron chi connectivity index (χ0n) is 16.3. The highest BCUT2D eigenvalue weighted by molar-refractivity contribution is 7.18. The molecule has 1 heterocycles. The third-order valence-corrected chi connectivity index (χ3v) is 4.99. The Morgan fingerprint density at radius 1 is 1.37 bits per heavy atom. The van der Waals surface area contributed by atoms with Gasteiger partial charge in [-0.15, -0.1) is 0 Å². The number of nitrogens with zero attached hydrogens (tertiary/aromatic N) is 1. The normalized spacial score (nSPS) is 12.0. The average molecular weight is 386 g/mol. The molecule has 0 spiro atoms. The number of nitrogens with two attached hydrogens (primary N) is 1. The van der Waals surface area contributed by atoms with Gasteiger partial charge >= 0.3 is 0 Å². The second kappa shape index (κ2) is 9.92. The Bertz CT molecular complexity index is 838. The third kappa shape index (κ3) is 5.69. The summed E-state index contributed by atoms with van der Waals surface area (Å²) in [6, 6.07) is 7.11. The smallest absolute Gasteiger partial charge is 0.210 e. The molecular weight excluding hydrogens is 358 g/mol. The van der Waals surface area contributed by atoms with Crippen molar-refractivity contribution in [1.29, 1.82) is 0 Å². The lowest BCUT2D eigenvalue weighted by atomic mass is 10.1. The van der Waals surface area contributed by atoms with Crippen LogP contribution >= 0.6 is 11.3 Å². The van der Waals surface area contributed by atoms with Gasteiger partial charge in [0, 0.05) is 6.54 Å². The van der Waals surface area contributed by atoms with Crippen molar-refractivity contribution in [2.24, 2.45) is 5.92 Å². The lowest BCUT2D eigenvalue weighted by Gasteiger charge is -2.06. The molecule has 0 fully saturated rings. The van der Waals surface area contributed by atoms with Crippen LogP contribution in [0.4, 0.5) is 10.9 Å². The van der Waals surface area contributed by atoms with Gasteiger partial charge in [-0.1, -0.05) is 61.1 Å². The van der Waals surface area contributed by atoms with Gasteiger partial charge in [-0.2, -0.15) is 0 Å². The molecule has 144 valence electrons. The van der Waals surface area contributed by atoms with E-state index in [9.17, 15) is 4.79 Å². The lowest BCUT2D eigenvalue weighted by Crippen LogP contribution is -2.04. The Balaban J connectivity index is 2.05. The largest absolute Gasteiger partial charge is 0.496 e. The molecule has 0 amide bonds. The summed E-state index contributed by atoms with van der Waals surface area (Å²) in [5, 5.41) is 3.91. The van der Waals surface area contributed by atoms with Gasteiger partial charge in [-0.05, 0) is 31.4 Å². The summed E-state index contributed by atoms with van der Waals surface area (Å²) in [6.45, 7) is 7.06. The number of benzene rings is 1. The first-order valence-corrected chi connectivity index (χ1v) is 9.79. The number of nitrogens with one attached hydrogen (secondary N) is 1. The first-order chi connectivity index (χ1) is 13.0. The molecule has 0 atom stereocenters.